The van der Waals surface area contributed by atoms with Crippen LogP contribution in [-0.4, -0.2) is 55.6 Å². The second-order valence-corrected chi connectivity index (χ2v) is 12.4. The van der Waals surface area contributed by atoms with Gasteiger partial charge in [-0.25, -0.2) is 0 Å². The maximum absolute atomic E-state index is 13.3. The van der Waals surface area contributed by atoms with Gasteiger partial charge in [-0.05, 0) is 64.7 Å². The van der Waals surface area contributed by atoms with Crippen LogP contribution in [0.25, 0.3) is 0 Å². The molecule has 2 heterocycles. The molecule has 8 nitrogen and oxygen atoms in total. The number of Topliss-reactive ketones (excluding diaryl/α,β-unsaturated/α-hetero) is 1. The van der Waals surface area contributed by atoms with Crippen molar-refractivity contribution in [3.8, 4) is 11.8 Å². The summed E-state index contributed by atoms with van der Waals surface area (Å²) in [5.41, 5.74) is -0.254. The number of ketones is 1. The first-order valence-electron chi connectivity index (χ1n) is 15.8. The largest absolute Gasteiger partial charge is 0.353 e. The normalized spacial score (nSPS) is 27.6. The molecule has 2 amide bonds. The fraction of sp³-hybridized carbons (Fsp3) is 0.735. The molecular weight excluding hydrogens is 534 g/mol. The molecule has 6 atom stereocenters. The van der Waals surface area contributed by atoms with Crippen molar-refractivity contribution < 1.29 is 33.3 Å². The van der Waals surface area contributed by atoms with E-state index in [-0.39, 0.29) is 59.6 Å². The van der Waals surface area contributed by atoms with Crippen molar-refractivity contribution in [3.05, 3.63) is 24.3 Å². The Morgan fingerprint density at radius 3 is 2.45 bits per heavy atom. The lowest BCUT2D eigenvalue weighted by molar-refractivity contribution is -0.197. The molecule has 0 aromatic rings. The van der Waals surface area contributed by atoms with Crippen LogP contribution in [0.4, 0.5) is 0 Å². The van der Waals surface area contributed by atoms with E-state index < -0.39 is 0 Å². The standard InChI is InChI=1S/C34H51NO7/c1-5-6-21-34(3,4)30(42-33-18-12-14-23-40-33)20-19-27-26(15-9-7-8-10-16-31(38)35-25(2)36)28(37)24-29(27)41-32-17-11-13-22-39-32/h7,9,19-20,26-27,29-30,32-33H,8,10-18,21-24H2,1-4H3,(H,35,36,38)/t26-,27-,29-,30-,32?,33?/m1/s1. The van der Waals surface area contributed by atoms with Gasteiger partial charge in [-0.1, -0.05) is 38.2 Å². The van der Waals surface area contributed by atoms with Gasteiger partial charge in [0.1, 0.15) is 5.78 Å². The van der Waals surface area contributed by atoms with Gasteiger partial charge in [0.15, 0.2) is 12.6 Å². The highest BCUT2D eigenvalue weighted by atomic mass is 16.7. The first-order chi connectivity index (χ1) is 20.2. The Kier molecular flexibility index (Phi) is 14.4. The molecule has 3 rings (SSSR count). The van der Waals surface area contributed by atoms with Crippen molar-refractivity contribution in [2.75, 3.05) is 13.2 Å². The summed E-state index contributed by atoms with van der Waals surface area (Å²) in [5.74, 6) is 5.50. The maximum Gasteiger partial charge on any atom is 0.226 e. The molecule has 2 saturated heterocycles. The van der Waals surface area contributed by atoms with Crippen LogP contribution in [-0.2, 0) is 33.3 Å². The Morgan fingerprint density at radius 2 is 1.81 bits per heavy atom. The molecule has 3 fully saturated rings. The van der Waals surface area contributed by atoms with Crippen LogP contribution in [0.15, 0.2) is 24.3 Å². The van der Waals surface area contributed by atoms with E-state index in [9.17, 15) is 14.4 Å². The Bertz CT molecular complexity index is 995. The first kappa shape index (κ1) is 34.2. The van der Waals surface area contributed by atoms with Crippen molar-refractivity contribution in [1.29, 1.82) is 0 Å². The van der Waals surface area contributed by atoms with E-state index in [1.165, 1.54) is 6.92 Å². The average molecular weight is 586 g/mol. The van der Waals surface area contributed by atoms with Crippen LogP contribution < -0.4 is 5.32 Å². The van der Waals surface area contributed by atoms with E-state index in [0.29, 0.717) is 51.7 Å². The lowest BCUT2D eigenvalue weighted by Gasteiger charge is -2.35. The summed E-state index contributed by atoms with van der Waals surface area (Å²) in [5, 5.41) is 2.29. The molecule has 1 saturated carbocycles. The molecule has 2 aliphatic heterocycles. The van der Waals surface area contributed by atoms with Crippen molar-refractivity contribution in [2.24, 2.45) is 17.3 Å². The number of hydrogen-bond acceptors (Lipinski definition) is 7. The molecule has 0 aromatic heterocycles. The summed E-state index contributed by atoms with van der Waals surface area (Å²) in [6.45, 7) is 8.90. The summed E-state index contributed by atoms with van der Waals surface area (Å²) in [4.78, 5) is 36.0. The minimum absolute atomic E-state index is 0.111. The van der Waals surface area contributed by atoms with Gasteiger partial charge in [0, 0.05) is 56.7 Å². The lowest BCUT2D eigenvalue weighted by Crippen LogP contribution is -2.36. The number of nitrogens with one attached hydrogen (secondary N) is 1. The van der Waals surface area contributed by atoms with Gasteiger partial charge in [0.05, 0.1) is 12.2 Å². The minimum Gasteiger partial charge on any atom is -0.353 e. The van der Waals surface area contributed by atoms with E-state index in [2.05, 4.69) is 43.2 Å². The van der Waals surface area contributed by atoms with Gasteiger partial charge in [0.25, 0.3) is 0 Å². The number of imide groups is 1. The second-order valence-electron chi connectivity index (χ2n) is 12.4. The molecular formula is C34H51NO7. The predicted octanol–water partition coefficient (Wildman–Crippen LogP) is 5.79. The monoisotopic (exact) mass is 585 g/mol. The molecule has 0 aromatic carbocycles. The van der Waals surface area contributed by atoms with Crippen molar-refractivity contribution in [2.45, 2.75) is 130 Å². The molecule has 0 spiro atoms. The van der Waals surface area contributed by atoms with E-state index in [1.54, 1.807) is 0 Å². The first-order valence-corrected chi connectivity index (χ1v) is 15.8. The molecule has 42 heavy (non-hydrogen) atoms. The van der Waals surface area contributed by atoms with E-state index >= 15 is 0 Å². The Morgan fingerprint density at radius 1 is 1.10 bits per heavy atom. The van der Waals surface area contributed by atoms with Crippen molar-refractivity contribution >= 4 is 17.6 Å². The Hall–Kier alpha value is -2.31. The highest BCUT2D eigenvalue weighted by molar-refractivity contribution is 5.93. The SMILES string of the molecule is CC#CCC(C)(C)[C@@H](C=C[C@H]1[C@H](OC2CCCCO2)CC(=O)[C@@H]1CC=CCCCC(=O)NC(C)=O)OC1CCCCO1. The van der Waals surface area contributed by atoms with Crippen LogP contribution in [0, 0.1) is 29.1 Å². The fourth-order valence-corrected chi connectivity index (χ4v) is 5.78. The summed E-state index contributed by atoms with van der Waals surface area (Å²) in [6, 6.07) is 0. The van der Waals surface area contributed by atoms with Gasteiger partial charge in [-0.15, -0.1) is 11.8 Å². The number of ether oxygens (including phenoxy) is 4. The fourth-order valence-electron chi connectivity index (χ4n) is 5.78. The van der Waals surface area contributed by atoms with Gasteiger partial charge >= 0.3 is 0 Å². The number of carbonyl (C=O) groups is 3. The summed E-state index contributed by atoms with van der Waals surface area (Å²) < 4.78 is 24.7. The molecule has 1 aliphatic carbocycles. The van der Waals surface area contributed by atoms with Crippen LogP contribution in [0.1, 0.15) is 105 Å². The zero-order valence-corrected chi connectivity index (χ0v) is 26.0. The van der Waals surface area contributed by atoms with Crippen molar-refractivity contribution in [3.63, 3.8) is 0 Å². The van der Waals surface area contributed by atoms with Crippen LogP contribution in [0.3, 0.4) is 0 Å². The predicted molar refractivity (Wildman–Crippen MR) is 161 cm³/mol. The molecule has 234 valence electrons. The third kappa shape index (κ3) is 11.4. The van der Waals surface area contributed by atoms with Crippen LogP contribution in [0.2, 0.25) is 0 Å². The number of unbranched alkanes of at least 4 members (excludes halogenated alkanes) is 1. The van der Waals surface area contributed by atoms with E-state index in [1.807, 2.05) is 19.1 Å². The Labute approximate surface area is 252 Å². The number of carbonyl (C=O) groups excluding carboxylic acids is 3. The minimum atomic E-state index is -0.342. The van der Waals surface area contributed by atoms with Gasteiger partial charge < -0.3 is 18.9 Å². The number of rotatable bonds is 14. The molecule has 0 bridgehead atoms. The average Bonchev–Trinajstić information content (AvgIpc) is 3.25. The maximum atomic E-state index is 13.3. The van der Waals surface area contributed by atoms with Gasteiger partial charge in [0.2, 0.25) is 11.8 Å². The highest BCUT2D eigenvalue weighted by Gasteiger charge is 2.43. The Balaban J connectivity index is 1.73. The molecule has 8 heteroatoms. The lowest BCUT2D eigenvalue weighted by atomic mass is 9.81. The summed E-state index contributed by atoms with van der Waals surface area (Å²) in [7, 11) is 0. The van der Waals surface area contributed by atoms with Crippen molar-refractivity contribution in [1.82, 2.24) is 5.32 Å². The number of hydrogen-bond donors (Lipinski definition) is 1. The second kappa shape index (κ2) is 17.7. The third-order valence-electron chi connectivity index (χ3n) is 8.26. The van der Waals surface area contributed by atoms with Crippen LogP contribution in [0.5, 0.6) is 0 Å². The summed E-state index contributed by atoms with van der Waals surface area (Å²) >= 11 is 0. The number of allylic oxidation sites excluding steroid dienone is 2. The zero-order chi connectivity index (χ0) is 30.4. The quantitative estimate of drug-likeness (QED) is 0.156. The topological polar surface area (TPSA) is 100 Å². The molecule has 2 unspecified atom stereocenters. The van der Waals surface area contributed by atoms with E-state index in [4.69, 9.17) is 18.9 Å². The van der Waals surface area contributed by atoms with E-state index in [0.717, 1.165) is 38.5 Å². The highest BCUT2D eigenvalue weighted by Crippen LogP contribution is 2.38. The third-order valence-corrected chi connectivity index (χ3v) is 8.26. The van der Waals surface area contributed by atoms with Gasteiger partial charge in [-0.2, -0.15) is 0 Å². The van der Waals surface area contributed by atoms with Crippen LogP contribution >= 0.6 is 0 Å². The number of amides is 2. The zero-order valence-electron chi connectivity index (χ0n) is 26.0. The molecule has 1 N–H and O–H groups in total. The molecule has 0 radical (unpaired) electrons. The van der Waals surface area contributed by atoms with Gasteiger partial charge in [-0.3, -0.25) is 19.7 Å². The summed E-state index contributed by atoms with van der Waals surface area (Å²) in [6.07, 6.45) is 16.5. The smallest absolute Gasteiger partial charge is 0.226 e. The molecule has 3 aliphatic rings.